The van der Waals surface area contributed by atoms with Crippen LogP contribution < -0.4 is 0 Å². The first-order valence-corrected chi connectivity index (χ1v) is 29.0. The van der Waals surface area contributed by atoms with Gasteiger partial charge in [0.1, 0.15) is 13.2 Å². The maximum absolute atomic E-state index is 12.8. The number of ether oxygens (including phenoxy) is 3. The van der Waals surface area contributed by atoms with Crippen molar-refractivity contribution in [1.82, 2.24) is 0 Å². The number of carbonyl (C=O) groups excluding carboxylic acids is 3. The summed E-state index contributed by atoms with van der Waals surface area (Å²) in [5.74, 6) is -1.06. The highest BCUT2D eigenvalue weighted by Crippen LogP contribution is 2.12. The van der Waals surface area contributed by atoms with Crippen molar-refractivity contribution in [2.45, 2.75) is 232 Å². The SMILES string of the molecule is CC/C=C\C/C=C\C/C=C\C/C=C\C/C=C\C/C=C\CCCCCCC(=O)OCC(COC(=O)CCCCCCC/C=C\CCCCCC)OC(=O)CC/C=C\C/C=C\C/C=C\C/C=C\C/C=C\C/C=C\CC. The third-order valence-corrected chi connectivity index (χ3v) is 11.5. The minimum atomic E-state index is -0.841. The number of carbonyl (C=O) groups is 3. The van der Waals surface area contributed by atoms with Gasteiger partial charge in [-0.1, -0.05) is 230 Å². The predicted molar refractivity (Wildman–Crippen MR) is 315 cm³/mol. The van der Waals surface area contributed by atoms with E-state index in [-0.39, 0.29) is 31.6 Å². The molecule has 0 aliphatic carbocycles. The van der Waals surface area contributed by atoms with Gasteiger partial charge in [-0.05, 0) is 135 Å². The van der Waals surface area contributed by atoms with E-state index in [1.54, 1.807) is 0 Å². The molecule has 0 aromatic rings. The van der Waals surface area contributed by atoms with Crippen LogP contribution in [0.15, 0.2) is 158 Å². The Hall–Kier alpha value is -4.97. The smallest absolute Gasteiger partial charge is 0.306 e. The topological polar surface area (TPSA) is 78.9 Å². The lowest BCUT2D eigenvalue weighted by atomic mass is 10.1. The van der Waals surface area contributed by atoms with Crippen LogP contribution in [0, 0.1) is 0 Å². The molecule has 0 spiro atoms. The fourth-order valence-electron chi connectivity index (χ4n) is 7.23. The van der Waals surface area contributed by atoms with Crippen molar-refractivity contribution in [1.29, 1.82) is 0 Å². The number of allylic oxidation sites excluding steroid dienone is 26. The fourth-order valence-corrected chi connectivity index (χ4v) is 7.23. The van der Waals surface area contributed by atoms with E-state index in [9.17, 15) is 14.4 Å². The first kappa shape index (κ1) is 68.0. The van der Waals surface area contributed by atoms with Crippen LogP contribution in [0.5, 0.6) is 0 Å². The van der Waals surface area contributed by atoms with Gasteiger partial charge < -0.3 is 14.2 Å². The molecule has 0 rings (SSSR count). The molecular weight excluding hydrogens is 901 g/mol. The molecule has 1 atom stereocenters. The number of hydrogen-bond donors (Lipinski definition) is 0. The van der Waals surface area contributed by atoms with E-state index in [4.69, 9.17) is 14.2 Å². The van der Waals surface area contributed by atoms with Gasteiger partial charge in [-0.2, -0.15) is 0 Å². The van der Waals surface area contributed by atoms with Crippen LogP contribution in [0.2, 0.25) is 0 Å². The summed E-state index contributed by atoms with van der Waals surface area (Å²) in [7, 11) is 0. The van der Waals surface area contributed by atoms with Crippen molar-refractivity contribution in [3.63, 3.8) is 0 Å². The maximum atomic E-state index is 12.8. The Morgan fingerprint density at radius 3 is 0.904 bits per heavy atom. The van der Waals surface area contributed by atoms with Crippen LogP contribution in [0.1, 0.15) is 226 Å². The average Bonchev–Trinajstić information content (AvgIpc) is 3.39. The highest BCUT2D eigenvalue weighted by Gasteiger charge is 2.19. The summed E-state index contributed by atoms with van der Waals surface area (Å²) in [5.41, 5.74) is 0. The quantitative estimate of drug-likeness (QED) is 0.0261. The molecule has 6 nitrogen and oxygen atoms in total. The second kappa shape index (κ2) is 59.6. The van der Waals surface area contributed by atoms with E-state index >= 15 is 0 Å². The molecule has 1 unspecified atom stereocenters. The van der Waals surface area contributed by atoms with E-state index in [0.717, 1.165) is 141 Å². The molecule has 0 aliphatic heterocycles. The van der Waals surface area contributed by atoms with Crippen LogP contribution >= 0.6 is 0 Å². The molecule has 0 radical (unpaired) electrons. The Kier molecular flexibility index (Phi) is 55.5. The molecule has 0 aromatic carbocycles. The van der Waals surface area contributed by atoms with Crippen LogP contribution in [0.3, 0.4) is 0 Å². The van der Waals surface area contributed by atoms with Gasteiger partial charge in [0, 0.05) is 19.3 Å². The van der Waals surface area contributed by atoms with E-state index in [2.05, 4.69) is 167 Å². The van der Waals surface area contributed by atoms with E-state index in [1.807, 2.05) is 12.2 Å². The van der Waals surface area contributed by atoms with Crippen molar-refractivity contribution in [3.05, 3.63) is 158 Å². The molecule has 0 bridgehead atoms. The maximum Gasteiger partial charge on any atom is 0.306 e. The molecule has 0 saturated heterocycles. The summed E-state index contributed by atoms with van der Waals surface area (Å²) < 4.78 is 16.8. The van der Waals surface area contributed by atoms with E-state index in [0.29, 0.717) is 19.3 Å². The number of unbranched alkanes of at least 4 members (excludes halogenated alkanes) is 13. The fraction of sp³-hybridized carbons (Fsp3) is 0.567. The molecule has 73 heavy (non-hydrogen) atoms. The molecule has 0 saturated carbocycles. The van der Waals surface area contributed by atoms with Gasteiger partial charge in [0.05, 0.1) is 0 Å². The van der Waals surface area contributed by atoms with Gasteiger partial charge >= 0.3 is 17.9 Å². The first-order valence-electron chi connectivity index (χ1n) is 29.0. The highest BCUT2D eigenvalue weighted by atomic mass is 16.6. The van der Waals surface area contributed by atoms with Crippen LogP contribution in [-0.2, 0) is 28.6 Å². The Bertz CT molecular complexity index is 1670. The zero-order valence-electron chi connectivity index (χ0n) is 46.6. The van der Waals surface area contributed by atoms with Gasteiger partial charge in [-0.3, -0.25) is 14.4 Å². The Balaban J connectivity index is 4.56. The third kappa shape index (κ3) is 57.8. The van der Waals surface area contributed by atoms with Crippen molar-refractivity contribution in [2.75, 3.05) is 13.2 Å². The summed E-state index contributed by atoms with van der Waals surface area (Å²) in [6.07, 6.45) is 86.7. The second-order valence-electron chi connectivity index (χ2n) is 18.4. The summed E-state index contributed by atoms with van der Waals surface area (Å²) >= 11 is 0. The molecule has 0 aromatic heterocycles. The van der Waals surface area contributed by atoms with Crippen molar-refractivity contribution in [2.24, 2.45) is 0 Å². The lowest BCUT2D eigenvalue weighted by molar-refractivity contribution is -0.166. The van der Waals surface area contributed by atoms with Crippen LogP contribution in [0.4, 0.5) is 0 Å². The van der Waals surface area contributed by atoms with Gasteiger partial charge in [-0.25, -0.2) is 0 Å². The zero-order chi connectivity index (χ0) is 52.9. The lowest BCUT2D eigenvalue weighted by Crippen LogP contribution is -2.30. The molecule has 0 fully saturated rings. The van der Waals surface area contributed by atoms with Crippen LogP contribution in [0.25, 0.3) is 0 Å². The number of esters is 3. The predicted octanol–water partition coefficient (Wildman–Crippen LogP) is 19.8. The molecule has 0 amide bonds. The summed E-state index contributed by atoms with van der Waals surface area (Å²) in [5, 5.41) is 0. The molecule has 6 heteroatoms. The van der Waals surface area contributed by atoms with E-state index < -0.39 is 12.1 Å². The van der Waals surface area contributed by atoms with Crippen LogP contribution in [-0.4, -0.2) is 37.2 Å². The van der Waals surface area contributed by atoms with Crippen molar-refractivity contribution < 1.29 is 28.6 Å². The lowest BCUT2D eigenvalue weighted by Gasteiger charge is -2.18. The van der Waals surface area contributed by atoms with Crippen molar-refractivity contribution in [3.8, 4) is 0 Å². The van der Waals surface area contributed by atoms with E-state index in [1.165, 1.54) is 38.5 Å². The van der Waals surface area contributed by atoms with Gasteiger partial charge in [0.2, 0.25) is 0 Å². The number of rotatable bonds is 50. The van der Waals surface area contributed by atoms with Gasteiger partial charge in [0.15, 0.2) is 6.10 Å². The second-order valence-corrected chi connectivity index (χ2v) is 18.4. The van der Waals surface area contributed by atoms with Gasteiger partial charge in [0.25, 0.3) is 0 Å². The zero-order valence-corrected chi connectivity index (χ0v) is 46.6. The number of hydrogen-bond acceptors (Lipinski definition) is 6. The minimum absolute atomic E-state index is 0.128. The normalized spacial score (nSPS) is 13.3. The Labute approximate surface area is 448 Å². The summed E-state index contributed by atoms with van der Waals surface area (Å²) in [4.78, 5) is 38.1. The molecule has 0 heterocycles. The van der Waals surface area contributed by atoms with Gasteiger partial charge in [-0.15, -0.1) is 0 Å². The molecule has 0 N–H and O–H groups in total. The third-order valence-electron chi connectivity index (χ3n) is 11.5. The molecular formula is C67H104O6. The standard InChI is InChI=1S/C67H104O6/c1-4-7-10-13-16-19-22-25-27-29-31-32-33-34-36-37-39-42-45-48-51-54-57-60-66(69)72-63-64(62-71-65(68)59-56-53-50-47-44-41-24-21-18-15-12-9-6-3)73-67(70)61-58-55-52-49-46-43-40-38-35-30-28-26-23-20-17-14-11-8-5-2/h7-8,10-11,16-17,19-21,24-28,31-32,34-36,38-39,42-43,46,52,55,64H,4-6,9,12-15,18,22-23,29-30,33,37,40-41,44-45,47-51,53-54,56-63H2,1-3H3/b10-7-,11-8-,19-16-,20-17-,24-21-,27-25-,28-26-,32-31-,36-34-,38-35-,42-39-,46-43-,55-52-. The largest absolute Gasteiger partial charge is 0.462 e. The first-order chi connectivity index (χ1) is 36.0. The molecule has 408 valence electrons. The monoisotopic (exact) mass is 1000 g/mol. The Morgan fingerprint density at radius 1 is 0.288 bits per heavy atom. The Morgan fingerprint density at radius 2 is 0.562 bits per heavy atom. The highest BCUT2D eigenvalue weighted by molar-refractivity contribution is 5.71. The minimum Gasteiger partial charge on any atom is -0.462 e. The van der Waals surface area contributed by atoms with Crippen molar-refractivity contribution >= 4 is 17.9 Å². The molecule has 0 aliphatic rings. The average molecular weight is 1010 g/mol. The summed E-state index contributed by atoms with van der Waals surface area (Å²) in [6.45, 7) is 6.29. The summed E-state index contributed by atoms with van der Waals surface area (Å²) in [6, 6.07) is 0.